The van der Waals surface area contributed by atoms with Gasteiger partial charge in [0.1, 0.15) is 5.82 Å². The Balaban J connectivity index is 1.47. The zero-order valence-corrected chi connectivity index (χ0v) is 17.7. The molecule has 32 heavy (non-hydrogen) atoms. The van der Waals surface area contributed by atoms with Gasteiger partial charge in [-0.1, -0.05) is 12.1 Å². The molecule has 1 heterocycles. The van der Waals surface area contributed by atoms with E-state index in [9.17, 15) is 22.4 Å². The molecule has 0 aliphatic carbocycles. The summed E-state index contributed by atoms with van der Waals surface area (Å²) in [6.45, 7) is 0.606. The van der Waals surface area contributed by atoms with Crippen LogP contribution in [0.3, 0.4) is 0 Å². The van der Waals surface area contributed by atoms with E-state index in [1.807, 2.05) is 0 Å². The molecular weight excluding hydrogens is 433 g/mol. The highest BCUT2D eigenvalue weighted by molar-refractivity contribution is 7.92. The third kappa shape index (κ3) is 4.62. The van der Waals surface area contributed by atoms with Gasteiger partial charge in [-0.05, 0) is 67.1 Å². The molecule has 3 aromatic rings. The summed E-state index contributed by atoms with van der Waals surface area (Å²) in [5.74, 6) is -0.906. The van der Waals surface area contributed by atoms with Crippen molar-refractivity contribution in [1.82, 2.24) is 0 Å². The molecule has 164 valence electrons. The number of amides is 2. The van der Waals surface area contributed by atoms with Crippen LogP contribution in [0, 0.1) is 5.82 Å². The van der Waals surface area contributed by atoms with E-state index >= 15 is 0 Å². The van der Waals surface area contributed by atoms with Crippen LogP contribution < -0.4 is 14.9 Å². The molecule has 0 radical (unpaired) electrons. The van der Waals surface area contributed by atoms with E-state index in [-0.39, 0.29) is 16.5 Å². The number of benzene rings is 3. The van der Waals surface area contributed by atoms with Gasteiger partial charge in [-0.2, -0.15) is 0 Å². The largest absolute Gasteiger partial charge is 0.320 e. The summed E-state index contributed by atoms with van der Waals surface area (Å²) < 4.78 is 40.3. The molecule has 9 heteroatoms. The average molecular weight is 453 g/mol. The van der Waals surface area contributed by atoms with Crippen LogP contribution in [0.1, 0.15) is 23.2 Å². The first kappa shape index (κ1) is 21.5. The van der Waals surface area contributed by atoms with E-state index in [4.69, 9.17) is 0 Å². The molecule has 0 unspecified atom stereocenters. The first-order valence-electron chi connectivity index (χ1n) is 9.93. The fourth-order valence-corrected chi connectivity index (χ4v) is 4.49. The van der Waals surface area contributed by atoms with E-state index in [0.717, 1.165) is 18.6 Å². The SMILES string of the molecule is O=C(Nc1ccccc1N1CCCC1=O)c1ccc(NS(=O)(=O)c2ccc(F)cc2)cc1. The number of nitrogens with zero attached hydrogens (tertiary/aromatic N) is 1. The van der Waals surface area contributed by atoms with Crippen LogP contribution in [-0.2, 0) is 14.8 Å². The summed E-state index contributed by atoms with van der Waals surface area (Å²) in [7, 11) is -3.89. The van der Waals surface area contributed by atoms with Gasteiger partial charge in [0.2, 0.25) is 5.91 Å². The molecule has 0 atom stereocenters. The highest BCUT2D eigenvalue weighted by atomic mass is 32.2. The van der Waals surface area contributed by atoms with Crippen LogP contribution in [0.15, 0.2) is 77.7 Å². The predicted molar refractivity (Wildman–Crippen MR) is 120 cm³/mol. The van der Waals surface area contributed by atoms with Crippen LogP contribution in [0.4, 0.5) is 21.5 Å². The highest BCUT2D eigenvalue weighted by Gasteiger charge is 2.24. The van der Waals surface area contributed by atoms with Crippen molar-refractivity contribution in [3.63, 3.8) is 0 Å². The minimum absolute atomic E-state index is 0.0180. The Labute approximate surface area is 184 Å². The van der Waals surface area contributed by atoms with Crippen LogP contribution in [0.25, 0.3) is 0 Å². The van der Waals surface area contributed by atoms with E-state index in [2.05, 4.69) is 10.0 Å². The van der Waals surface area contributed by atoms with Gasteiger partial charge in [0.05, 0.1) is 16.3 Å². The summed E-state index contributed by atoms with van der Waals surface area (Å²) in [4.78, 5) is 26.4. The topological polar surface area (TPSA) is 95.6 Å². The Hall–Kier alpha value is -3.72. The standard InChI is InChI=1S/C23H20FN3O4S/c24-17-9-13-19(14-10-17)32(30,31)26-18-11-7-16(8-12-18)23(29)25-20-4-1-2-5-21(20)27-15-3-6-22(27)28/h1-2,4-5,7-14,26H,3,6,15H2,(H,25,29). The maximum absolute atomic E-state index is 13.0. The molecule has 2 N–H and O–H groups in total. The van der Waals surface area contributed by atoms with Gasteiger partial charge < -0.3 is 10.2 Å². The third-order valence-electron chi connectivity index (χ3n) is 5.04. The molecule has 0 aromatic heterocycles. The lowest BCUT2D eigenvalue weighted by Gasteiger charge is -2.20. The second kappa shape index (κ2) is 8.80. The van der Waals surface area contributed by atoms with E-state index < -0.39 is 21.7 Å². The van der Waals surface area contributed by atoms with Crippen molar-refractivity contribution in [2.24, 2.45) is 0 Å². The van der Waals surface area contributed by atoms with Crippen molar-refractivity contribution >= 4 is 38.9 Å². The quantitative estimate of drug-likeness (QED) is 0.590. The lowest BCUT2D eigenvalue weighted by Crippen LogP contribution is -2.25. The highest BCUT2D eigenvalue weighted by Crippen LogP contribution is 2.29. The van der Waals surface area contributed by atoms with Crippen LogP contribution in [0.5, 0.6) is 0 Å². The van der Waals surface area contributed by atoms with Crippen molar-refractivity contribution in [3.05, 3.63) is 84.2 Å². The number of sulfonamides is 1. The number of hydrogen-bond donors (Lipinski definition) is 2. The molecule has 1 fully saturated rings. The van der Waals surface area contributed by atoms with Gasteiger partial charge in [0.25, 0.3) is 15.9 Å². The monoisotopic (exact) mass is 453 g/mol. The van der Waals surface area contributed by atoms with E-state index in [1.54, 1.807) is 29.2 Å². The molecule has 7 nitrogen and oxygen atoms in total. The number of halogens is 1. The Bertz CT molecular complexity index is 1260. The summed E-state index contributed by atoms with van der Waals surface area (Å²) >= 11 is 0. The smallest absolute Gasteiger partial charge is 0.261 e. The molecular formula is C23H20FN3O4S. The Kier molecular flexibility index (Phi) is 5.91. The summed E-state index contributed by atoms with van der Waals surface area (Å²) in [5, 5.41) is 2.82. The number of rotatable bonds is 6. The van der Waals surface area contributed by atoms with Gasteiger partial charge in [0, 0.05) is 24.2 Å². The van der Waals surface area contributed by atoms with Crippen molar-refractivity contribution in [1.29, 1.82) is 0 Å². The number of para-hydroxylation sites is 2. The van der Waals surface area contributed by atoms with Crippen molar-refractivity contribution < 1.29 is 22.4 Å². The maximum atomic E-state index is 13.0. The predicted octanol–water partition coefficient (Wildman–Crippen LogP) is 4.01. The van der Waals surface area contributed by atoms with E-state index in [1.165, 1.54) is 36.4 Å². The second-order valence-electron chi connectivity index (χ2n) is 7.26. The molecule has 0 spiro atoms. The summed E-state index contributed by atoms with van der Waals surface area (Å²) in [5.41, 5.74) is 1.74. The average Bonchev–Trinajstić information content (AvgIpc) is 3.20. The molecule has 0 saturated carbocycles. The number of carbonyl (C=O) groups is 2. The fourth-order valence-electron chi connectivity index (χ4n) is 3.43. The van der Waals surface area contributed by atoms with Gasteiger partial charge in [0.15, 0.2) is 0 Å². The first-order valence-corrected chi connectivity index (χ1v) is 11.4. The summed E-state index contributed by atoms with van der Waals surface area (Å²) in [6.07, 6.45) is 1.26. The lowest BCUT2D eigenvalue weighted by atomic mass is 10.2. The second-order valence-corrected chi connectivity index (χ2v) is 8.94. The minimum Gasteiger partial charge on any atom is -0.320 e. The molecule has 2 amide bonds. The van der Waals surface area contributed by atoms with Crippen LogP contribution in [-0.4, -0.2) is 26.8 Å². The molecule has 1 saturated heterocycles. The van der Waals surface area contributed by atoms with Crippen LogP contribution >= 0.6 is 0 Å². The van der Waals surface area contributed by atoms with E-state index in [0.29, 0.717) is 29.9 Å². The van der Waals surface area contributed by atoms with Crippen molar-refractivity contribution in [2.45, 2.75) is 17.7 Å². The molecule has 3 aromatic carbocycles. The maximum Gasteiger partial charge on any atom is 0.261 e. The zero-order valence-electron chi connectivity index (χ0n) is 16.9. The van der Waals surface area contributed by atoms with Gasteiger partial charge >= 0.3 is 0 Å². The number of nitrogens with one attached hydrogen (secondary N) is 2. The van der Waals surface area contributed by atoms with Crippen molar-refractivity contribution in [3.8, 4) is 0 Å². The normalized spacial score (nSPS) is 13.8. The molecule has 4 rings (SSSR count). The van der Waals surface area contributed by atoms with Gasteiger partial charge in [-0.25, -0.2) is 12.8 Å². The zero-order chi connectivity index (χ0) is 22.7. The number of anilines is 3. The lowest BCUT2D eigenvalue weighted by molar-refractivity contribution is -0.117. The summed E-state index contributed by atoms with van der Waals surface area (Å²) in [6, 6.07) is 17.5. The number of carbonyl (C=O) groups excluding carboxylic acids is 2. The Morgan fingerprint density at radius 3 is 2.28 bits per heavy atom. The Morgan fingerprint density at radius 2 is 1.62 bits per heavy atom. The third-order valence-corrected chi connectivity index (χ3v) is 6.44. The van der Waals surface area contributed by atoms with Gasteiger partial charge in [-0.3, -0.25) is 14.3 Å². The molecule has 1 aliphatic rings. The minimum atomic E-state index is -3.89. The molecule has 0 bridgehead atoms. The van der Waals surface area contributed by atoms with Crippen molar-refractivity contribution in [2.75, 3.05) is 21.5 Å². The first-order chi connectivity index (χ1) is 15.3. The fraction of sp³-hybridized carbons (Fsp3) is 0.130. The number of hydrogen-bond acceptors (Lipinski definition) is 4. The molecule has 1 aliphatic heterocycles. The Morgan fingerprint density at radius 1 is 0.938 bits per heavy atom. The van der Waals surface area contributed by atoms with Gasteiger partial charge in [-0.15, -0.1) is 0 Å². The van der Waals surface area contributed by atoms with Crippen LogP contribution in [0.2, 0.25) is 0 Å².